The zero-order valence-corrected chi connectivity index (χ0v) is 28.2. The van der Waals surface area contributed by atoms with Gasteiger partial charge in [-0.2, -0.15) is 0 Å². The Kier molecular flexibility index (Phi) is 12.3. The number of hydrogen-bond donors (Lipinski definition) is 4. The van der Waals surface area contributed by atoms with Crippen LogP contribution >= 0.6 is 0 Å². The molecule has 2 aromatic heterocycles. The van der Waals surface area contributed by atoms with Gasteiger partial charge < -0.3 is 20.5 Å². The summed E-state index contributed by atoms with van der Waals surface area (Å²) in [7, 11) is 3.88. The summed E-state index contributed by atoms with van der Waals surface area (Å²) in [6.07, 6.45) is 12.2. The maximum Gasteiger partial charge on any atom is 0.243 e. The minimum Gasteiger partial charge on any atom is -0.369 e. The van der Waals surface area contributed by atoms with Gasteiger partial charge in [0.15, 0.2) is 0 Å². The topological polar surface area (TPSA) is 139 Å². The number of aldehydes is 1. The molecular weight excluding hydrogens is 594 g/mol. The lowest BCUT2D eigenvalue weighted by atomic mass is 10.0. The molecule has 2 amide bonds. The normalized spacial score (nSPS) is 18.1. The van der Waals surface area contributed by atoms with Gasteiger partial charge in [0.05, 0.1) is 11.4 Å². The summed E-state index contributed by atoms with van der Waals surface area (Å²) in [5.74, 6) is 0.440. The number of aromatic amines is 1. The first-order valence-corrected chi connectivity index (χ1v) is 17.2. The lowest BCUT2D eigenvalue weighted by Crippen LogP contribution is -2.51. The third-order valence-corrected chi connectivity index (χ3v) is 9.67. The van der Waals surface area contributed by atoms with E-state index < -0.39 is 0 Å². The molecule has 0 saturated carbocycles. The fraction of sp³-hybridized carbons (Fsp3) is 0.571. The van der Waals surface area contributed by atoms with Crippen LogP contribution in [0.25, 0.3) is 11.0 Å². The first kappa shape index (κ1) is 34.5. The van der Waals surface area contributed by atoms with Crippen molar-refractivity contribution in [2.45, 2.75) is 76.9 Å². The number of unbranched alkanes of at least 4 members (excludes halogenated alkanes) is 2. The van der Waals surface area contributed by atoms with E-state index in [0.717, 1.165) is 98.5 Å². The molecule has 3 aromatic rings. The van der Waals surface area contributed by atoms with Crippen LogP contribution in [-0.2, 0) is 16.1 Å². The van der Waals surface area contributed by atoms with E-state index in [1.165, 1.54) is 19.3 Å². The molecule has 2 unspecified atom stereocenters. The predicted molar refractivity (Wildman–Crippen MR) is 186 cm³/mol. The number of anilines is 2. The number of fused-ring (bicyclic) bond motifs is 1. The molecule has 2 aliphatic heterocycles. The second-order valence-electron chi connectivity index (χ2n) is 13.1. The van der Waals surface area contributed by atoms with E-state index in [9.17, 15) is 14.4 Å². The maximum absolute atomic E-state index is 12.4. The molecule has 4 N–H and O–H groups in total. The molecule has 2 atom stereocenters. The number of piperidine rings is 1. The van der Waals surface area contributed by atoms with Gasteiger partial charge in [-0.15, -0.1) is 0 Å². The second kappa shape index (κ2) is 16.8. The van der Waals surface area contributed by atoms with Crippen molar-refractivity contribution in [2.75, 3.05) is 63.6 Å². The van der Waals surface area contributed by atoms with Gasteiger partial charge in [0.1, 0.15) is 24.1 Å². The number of aryl methyl sites for hydroxylation is 1. The van der Waals surface area contributed by atoms with E-state index in [-0.39, 0.29) is 17.9 Å². The molecule has 5 rings (SSSR count). The first-order chi connectivity index (χ1) is 22.9. The number of H-pyrrole nitrogens is 1. The highest BCUT2D eigenvalue weighted by molar-refractivity contribution is 6.00. The van der Waals surface area contributed by atoms with Gasteiger partial charge in [0.25, 0.3) is 0 Å². The largest absolute Gasteiger partial charge is 0.369 e. The predicted octanol–water partition coefficient (Wildman–Crippen LogP) is 3.48. The maximum atomic E-state index is 12.4. The van der Waals surface area contributed by atoms with Gasteiger partial charge in [0, 0.05) is 62.6 Å². The molecule has 254 valence electrons. The van der Waals surface area contributed by atoms with Gasteiger partial charge in [-0.25, -0.2) is 9.97 Å². The number of likely N-dealkylation sites (N-methyl/N-ethyl adjacent to an activating group) is 1. The number of imide groups is 1. The average Bonchev–Trinajstić information content (AvgIpc) is 3.46. The van der Waals surface area contributed by atoms with Gasteiger partial charge in [-0.1, -0.05) is 12.8 Å². The molecule has 4 heterocycles. The lowest BCUT2D eigenvalue weighted by molar-refractivity contribution is -0.137. The number of nitrogens with zero attached hydrogens (tertiary/aromatic N) is 5. The Bertz CT molecular complexity index is 1500. The molecule has 0 bridgehead atoms. The SMILES string of the molecule is CNCCCC(CCCCCN1CCN(c2ccc(C=O)c(CN(C)C3CCC(=O)NC3=O)c2)CC1)Nc1ncnc2[nH]cc(C)c12. The molecule has 2 aliphatic rings. The number of aromatic nitrogens is 3. The standard InChI is InChI=1S/C35H51N9O3/c1-25-21-37-33-32(25)34(39-24-38-33)40-28(9-7-14-36-2)8-5-4-6-15-43-16-18-44(19-17-43)29-11-10-26(23-45)27(20-29)22-42(3)30-12-13-31(46)41-35(30)47/h10-11,20-21,23-24,28,30,36H,4-9,12-19,22H2,1-3H3,(H,41,46,47)(H2,37,38,39,40). The number of carbonyl (C=O) groups excluding carboxylic acids is 3. The Morgan fingerprint density at radius 1 is 1.09 bits per heavy atom. The van der Waals surface area contributed by atoms with Crippen LogP contribution in [0.2, 0.25) is 0 Å². The summed E-state index contributed by atoms with van der Waals surface area (Å²) in [5, 5.41) is 10.5. The van der Waals surface area contributed by atoms with E-state index in [1.54, 1.807) is 6.33 Å². The summed E-state index contributed by atoms with van der Waals surface area (Å²) >= 11 is 0. The minimum atomic E-state index is -0.377. The molecule has 47 heavy (non-hydrogen) atoms. The van der Waals surface area contributed by atoms with Gasteiger partial charge >= 0.3 is 0 Å². The smallest absolute Gasteiger partial charge is 0.243 e. The van der Waals surface area contributed by atoms with Crippen molar-refractivity contribution in [3.63, 3.8) is 0 Å². The molecule has 0 spiro atoms. The number of hydrogen-bond acceptors (Lipinski definition) is 10. The number of nitrogens with one attached hydrogen (secondary N) is 4. The molecule has 2 fully saturated rings. The van der Waals surface area contributed by atoms with Crippen LogP contribution in [-0.4, -0.2) is 108 Å². The van der Waals surface area contributed by atoms with Crippen molar-refractivity contribution in [3.05, 3.63) is 47.4 Å². The van der Waals surface area contributed by atoms with Crippen LogP contribution in [0.1, 0.15) is 72.9 Å². The number of piperazine rings is 1. The van der Waals surface area contributed by atoms with Gasteiger partial charge in [-0.3, -0.25) is 29.5 Å². The minimum absolute atomic E-state index is 0.223. The zero-order chi connectivity index (χ0) is 33.2. The lowest BCUT2D eigenvalue weighted by Gasteiger charge is -2.36. The third-order valence-electron chi connectivity index (χ3n) is 9.67. The molecular formula is C35H51N9O3. The zero-order valence-electron chi connectivity index (χ0n) is 28.2. The van der Waals surface area contributed by atoms with Crippen molar-refractivity contribution in [1.82, 2.24) is 35.4 Å². The average molecular weight is 646 g/mol. The summed E-state index contributed by atoms with van der Waals surface area (Å²) in [6, 6.07) is 6.00. The van der Waals surface area contributed by atoms with Crippen molar-refractivity contribution in [3.8, 4) is 0 Å². The van der Waals surface area contributed by atoms with Crippen molar-refractivity contribution in [1.29, 1.82) is 0 Å². The Hall–Kier alpha value is -3.87. The Morgan fingerprint density at radius 3 is 2.66 bits per heavy atom. The number of carbonyl (C=O) groups is 3. The van der Waals surface area contributed by atoms with Crippen LogP contribution in [0.5, 0.6) is 0 Å². The van der Waals surface area contributed by atoms with Crippen molar-refractivity contribution < 1.29 is 14.4 Å². The van der Waals surface area contributed by atoms with Crippen molar-refractivity contribution >= 4 is 40.6 Å². The Labute approximate surface area is 278 Å². The fourth-order valence-electron chi connectivity index (χ4n) is 6.89. The number of benzene rings is 1. The summed E-state index contributed by atoms with van der Waals surface area (Å²) in [5.41, 5.74) is 4.68. The van der Waals surface area contributed by atoms with Crippen LogP contribution < -0.4 is 20.9 Å². The quantitative estimate of drug-likeness (QED) is 0.0981. The monoisotopic (exact) mass is 645 g/mol. The molecule has 2 saturated heterocycles. The molecule has 12 heteroatoms. The highest BCUT2D eigenvalue weighted by atomic mass is 16.2. The molecule has 0 aliphatic carbocycles. The van der Waals surface area contributed by atoms with Crippen LogP contribution in [0.15, 0.2) is 30.7 Å². The second-order valence-corrected chi connectivity index (χ2v) is 13.1. The highest BCUT2D eigenvalue weighted by Crippen LogP contribution is 2.26. The Balaban J connectivity index is 1.06. The van der Waals surface area contributed by atoms with E-state index in [2.05, 4.69) is 53.7 Å². The first-order valence-electron chi connectivity index (χ1n) is 17.2. The van der Waals surface area contributed by atoms with E-state index in [0.29, 0.717) is 31.0 Å². The summed E-state index contributed by atoms with van der Waals surface area (Å²) in [4.78, 5) is 54.8. The van der Waals surface area contributed by atoms with Crippen LogP contribution in [0, 0.1) is 6.92 Å². The van der Waals surface area contributed by atoms with E-state index in [1.807, 2.05) is 37.3 Å². The van der Waals surface area contributed by atoms with E-state index >= 15 is 0 Å². The number of rotatable bonds is 17. The van der Waals surface area contributed by atoms with E-state index in [4.69, 9.17) is 0 Å². The van der Waals surface area contributed by atoms with Crippen LogP contribution in [0.3, 0.4) is 0 Å². The van der Waals surface area contributed by atoms with Crippen molar-refractivity contribution in [2.24, 2.45) is 0 Å². The molecule has 0 radical (unpaired) electrons. The summed E-state index contributed by atoms with van der Waals surface area (Å²) in [6.45, 7) is 8.56. The Morgan fingerprint density at radius 2 is 1.89 bits per heavy atom. The summed E-state index contributed by atoms with van der Waals surface area (Å²) < 4.78 is 0. The number of amides is 2. The van der Waals surface area contributed by atoms with Crippen LogP contribution in [0.4, 0.5) is 11.5 Å². The molecule has 12 nitrogen and oxygen atoms in total. The fourth-order valence-corrected chi connectivity index (χ4v) is 6.89. The third kappa shape index (κ3) is 9.15. The van der Waals surface area contributed by atoms with Gasteiger partial charge in [-0.05, 0) is 95.5 Å². The molecule has 1 aromatic carbocycles. The highest BCUT2D eigenvalue weighted by Gasteiger charge is 2.30. The van der Waals surface area contributed by atoms with Gasteiger partial charge in [0.2, 0.25) is 11.8 Å².